The van der Waals surface area contributed by atoms with Gasteiger partial charge in [0.15, 0.2) is 11.4 Å². The Bertz CT molecular complexity index is 1350. The highest BCUT2D eigenvalue weighted by atomic mass is 16.4. The minimum absolute atomic E-state index is 0.00432. The molecule has 10 heteroatoms. The molecule has 0 aromatic heterocycles. The molecule has 1 aromatic rings. The zero-order valence-corrected chi connectivity index (χ0v) is 20.7. The van der Waals surface area contributed by atoms with Gasteiger partial charge in [0.1, 0.15) is 22.8 Å². The lowest BCUT2D eigenvalue weighted by molar-refractivity contribution is -0.169. The van der Waals surface area contributed by atoms with Gasteiger partial charge in [-0.2, -0.15) is 0 Å². The summed E-state index contributed by atoms with van der Waals surface area (Å²) < 4.78 is 0. The number of aromatic hydroxyl groups is 1. The van der Waals surface area contributed by atoms with Crippen molar-refractivity contribution in [1.82, 2.24) is 4.90 Å². The van der Waals surface area contributed by atoms with Crippen LogP contribution in [0.4, 0.5) is 0 Å². The van der Waals surface area contributed by atoms with Gasteiger partial charge in [-0.3, -0.25) is 19.3 Å². The summed E-state index contributed by atoms with van der Waals surface area (Å²) in [5, 5.41) is 56.7. The number of hydrogen-bond acceptors (Lipinski definition) is 9. The van der Waals surface area contributed by atoms with Crippen molar-refractivity contribution in [3.05, 3.63) is 51.3 Å². The van der Waals surface area contributed by atoms with Crippen molar-refractivity contribution in [2.75, 3.05) is 14.1 Å². The Morgan fingerprint density at radius 1 is 1.16 bits per heavy atom. The second kappa shape index (κ2) is 8.27. The molecule has 6 atom stereocenters. The fourth-order valence-corrected chi connectivity index (χ4v) is 6.49. The Hall–Kier alpha value is -3.47. The van der Waals surface area contributed by atoms with Gasteiger partial charge in [0.25, 0.3) is 5.91 Å². The predicted molar refractivity (Wildman–Crippen MR) is 132 cm³/mol. The van der Waals surface area contributed by atoms with Crippen LogP contribution in [0.1, 0.15) is 48.8 Å². The number of nitrogens with zero attached hydrogens (tertiary/aromatic N) is 1. The molecule has 1 amide bonds. The van der Waals surface area contributed by atoms with Gasteiger partial charge >= 0.3 is 0 Å². The molecule has 4 aliphatic rings. The Morgan fingerprint density at radius 3 is 2.35 bits per heavy atom. The van der Waals surface area contributed by atoms with E-state index in [9.17, 15) is 39.9 Å². The number of benzene rings is 1. The number of phenolic OH excluding ortho intramolecular Hbond substituents is 1. The van der Waals surface area contributed by atoms with Crippen LogP contribution in [0.25, 0.3) is 11.8 Å². The van der Waals surface area contributed by atoms with Gasteiger partial charge in [-0.25, -0.2) is 0 Å². The van der Waals surface area contributed by atoms with Crippen molar-refractivity contribution < 1.29 is 39.9 Å². The monoisotopic (exact) mass is 510 g/mol. The molecule has 0 radical (unpaired) electrons. The first-order valence-electron chi connectivity index (χ1n) is 12.2. The number of fused-ring (bicyclic) bond motifs is 3. The lowest BCUT2D eigenvalue weighted by Crippen LogP contribution is -2.70. The third-order valence-corrected chi connectivity index (χ3v) is 8.52. The van der Waals surface area contributed by atoms with E-state index in [0.29, 0.717) is 11.1 Å². The number of aliphatic hydroxyl groups is 4. The molecule has 196 valence electrons. The van der Waals surface area contributed by atoms with Crippen molar-refractivity contribution in [3.8, 4) is 5.75 Å². The van der Waals surface area contributed by atoms with E-state index in [1.807, 2.05) is 6.08 Å². The Kier molecular flexibility index (Phi) is 5.63. The summed E-state index contributed by atoms with van der Waals surface area (Å²) in [4.78, 5) is 40.6. The van der Waals surface area contributed by atoms with Gasteiger partial charge in [0.05, 0.1) is 23.6 Å². The predicted octanol–water partition coefficient (Wildman–Crippen LogP) is 1.06. The van der Waals surface area contributed by atoms with Crippen LogP contribution in [0, 0.1) is 11.8 Å². The van der Waals surface area contributed by atoms with E-state index < -0.39 is 75.6 Å². The zero-order valence-electron chi connectivity index (χ0n) is 20.7. The highest BCUT2D eigenvalue weighted by molar-refractivity contribution is 6.24. The molecule has 0 saturated heterocycles. The van der Waals surface area contributed by atoms with Crippen LogP contribution in [-0.4, -0.2) is 79.7 Å². The highest BCUT2D eigenvalue weighted by Crippen LogP contribution is 2.56. The maximum absolute atomic E-state index is 14.0. The molecule has 1 aromatic carbocycles. The van der Waals surface area contributed by atoms with Crippen LogP contribution in [-0.2, 0) is 14.4 Å². The maximum Gasteiger partial charge on any atom is 0.255 e. The number of phenols is 1. The van der Waals surface area contributed by atoms with Crippen LogP contribution in [0.3, 0.4) is 0 Å². The summed E-state index contributed by atoms with van der Waals surface area (Å²) in [6.45, 7) is 1.71. The molecule has 0 heterocycles. The van der Waals surface area contributed by atoms with E-state index >= 15 is 0 Å². The minimum atomic E-state index is -2.91. The number of likely N-dealkylation sites (N-methyl/N-ethyl adjacent to an activating group) is 1. The third kappa shape index (κ3) is 3.19. The van der Waals surface area contributed by atoms with Crippen LogP contribution in [0.2, 0.25) is 0 Å². The first-order valence-corrected chi connectivity index (χ1v) is 12.2. The van der Waals surface area contributed by atoms with Gasteiger partial charge in [0.2, 0.25) is 5.78 Å². The second-order valence-corrected chi connectivity index (χ2v) is 10.7. The van der Waals surface area contributed by atoms with Crippen LogP contribution < -0.4 is 5.73 Å². The number of primary amides is 1. The first kappa shape index (κ1) is 25.2. The molecule has 0 bridgehead atoms. The zero-order chi connectivity index (χ0) is 27.1. The summed E-state index contributed by atoms with van der Waals surface area (Å²) >= 11 is 0. The van der Waals surface area contributed by atoms with Gasteiger partial charge < -0.3 is 31.3 Å². The number of carbonyl (C=O) groups excluding carboxylic acids is 3. The van der Waals surface area contributed by atoms with E-state index in [1.54, 1.807) is 19.1 Å². The van der Waals surface area contributed by atoms with E-state index in [4.69, 9.17) is 5.73 Å². The quantitative estimate of drug-likeness (QED) is 0.324. The van der Waals surface area contributed by atoms with Crippen LogP contribution in [0.5, 0.6) is 5.75 Å². The molecule has 10 nitrogen and oxygen atoms in total. The van der Waals surface area contributed by atoms with E-state index in [0.717, 1.165) is 24.8 Å². The van der Waals surface area contributed by atoms with Gasteiger partial charge in [-0.05, 0) is 44.8 Å². The van der Waals surface area contributed by atoms with E-state index in [1.165, 1.54) is 19.0 Å². The molecule has 2 saturated carbocycles. The molecular formula is C27H30N2O8. The number of hydrogen-bond donors (Lipinski definition) is 6. The summed E-state index contributed by atoms with van der Waals surface area (Å²) in [5.41, 5.74) is 3.18. The van der Waals surface area contributed by atoms with Gasteiger partial charge in [-0.15, -0.1) is 0 Å². The van der Waals surface area contributed by atoms with Crippen LogP contribution in [0.15, 0.2) is 34.6 Å². The van der Waals surface area contributed by atoms with Gasteiger partial charge in [0, 0.05) is 17.1 Å². The van der Waals surface area contributed by atoms with Crippen molar-refractivity contribution in [2.24, 2.45) is 17.6 Å². The van der Waals surface area contributed by atoms with Gasteiger partial charge in [-0.1, -0.05) is 30.7 Å². The average Bonchev–Trinajstić information content (AvgIpc) is 2.79. The lowest BCUT2D eigenvalue weighted by Gasteiger charge is -2.53. The topological polar surface area (TPSA) is 182 Å². The molecule has 0 spiro atoms. The fourth-order valence-electron chi connectivity index (χ4n) is 6.49. The number of aliphatic hydroxyl groups excluding tert-OH is 3. The molecule has 4 aliphatic carbocycles. The first-order chi connectivity index (χ1) is 17.3. The summed E-state index contributed by atoms with van der Waals surface area (Å²) in [7, 11) is 2.94. The second-order valence-electron chi connectivity index (χ2n) is 10.7. The smallest absolute Gasteiger partial charge is 0.255 e. The summed E-state index contributed by atoms with van der Waals surface area (Å²) in [5.74, 6) is -8.81. The van der Waals surface area contributed by atoms with Crippen LogP contribution >= 0.6 is 0 Å². The summed E-state index contributed by atoms with van der Waals surface area (Å²) in [6.07, 6.45) is 3.09. The number of nitrogens with two attached hydrogens (primary N) is 1. The average molecular weight is 511 g/mol. The summed E-state index contributed by atoms with van der Waals surface area (Å²) in [6, 6.07) is 2.06. The minimum Gasteiger partial charge on any atom is -0.508 e. The van der Waals surface area contributed by atoms with E-state index in [2.05, 4.69) is 0 Å². The molecular weight excluding hydrogens is 480 g/mol. The third-order valence-electron chi connectivity index (χ3n) is 8.52. The number of ketones is 2. The number of carbonyl (C=O) groups is 3. The molecule has 0 aliphatic heterocycles. The Balaban J connectivity index is 1.77. The normalized spacial score (nSPS) is 33.1. The standard InChI is InChI=1S/C27H30N2O8/c1-10-13-8-7-12(9-11-5-4-6-11)20(30)15(13)21(31)16-14(10)22(32)18-19(29(2)3)23(33)17(26(28)36)25(35)27(18,37)24(16)34/h7-10,14,18-19,22,30-32,35,37H,4-6H2,1-3H3,(H2,28,36)/t10-,14+,18-,19+,22-,27-/m1/s1. The van der Waals surface area contributed by atoms with Crippen molar-refractivity contribution in [1.29, 1.82) is 0 Å². The van der Waals surface area contributed by atoms with Crippen molar-refractivity contribution in [3.63, 3.8) is 0 Å². The number of rotatable bonds is 3. The Morgan fingerprint density at radius 2 is 1.81 bits per heavy atom. The number of amides is 1. The molecule has 0 unspecified atom stereocenters. The SMILES string of the molecule is C[C@@H]1c2ccc(C=C3CCC3)c(O)c2C(O)=C2C(=O)[C@@]3(O)C(O)=C(C(N)=O)C(=O)[C@@H](N(C)C)[C@@H]3[C@H](O)[C@H]21. The van der Waals surface area contributed by atoms with Crippen molar-refractivity contribution >= 4 is 29.3 Å². The van der Waals surface area contributed by atoms with Crippen molar-refractivity contribution in [2.45, 2.75) is 49.9 Å². The Labute approximate surface area is 213 Å². The lowest BCUT2D eigenvalue weighted by atomic mass is 9.54. The number of allylic oxidation sites excluding steroid dienone is 1. The molecule has 5 rings (SSSR count). The molecule has 7 N–H and O–H groups in total. The van der Waals surface area contributed by atoms with E-state index in [-0.39, 0.29) is 11.3 Å². The fraction of sp³-hybridized carbons (Fsp3) is 0.444. The molecule has 37 heavy (non-hydrogen) atoms. The maximum atomic E-state index is 14.0. The molecule has 2 fully saturated rings. The number of Topliss-reactive ketones (excluding diaryl/α,β-unsaturated/α-hetero) is 2. The highest BCUT2D eigenvalue weighted by Gasteiger charge is 2.68. The largest absolute Gasteiger partial charge is 0.508 e.